The Kier molecular flexibility index (Phi) is 10.4. The van der Waals surface area contributed by atoms with Gasteiger partial charge in [-0.05, 0) is 55.8 Å². The lowest BCUT2D eigenvalue weighted by Crippen LogP contribution is -2.47. The Labute approximate surface area is 253 Å². The van der Waals surface area contributed by atoms with Gasteiger partial charge in [0, 0.05) is 71.0 Å². The van der Waals surface area contributed by atoms with E-state index in [2.05, 4.69) is 65.9 Å². The molecule has 2 aromatic carbocycles. The second-order valence-corrected chi connectivity index (χ2v) is 11.2. The molecule has 0 unspecified atom stereocenters. The van der Waals surface area contributed by atoms with E-state index >= 15 is 0 Å². The third-order valence-corrected chi connectivity index (χ3v) is 7.77. The van der Waals surface area contributed by atoms with Crippen molar-refractivity contribution in [1.29, 1.82) is 5.26 Å². The van der Waals surface area contributed by atoms with E-state index < -0.39 is 0 Å². The maximum absolute atomic E-state index is 12.8. The zero-order chi connectivity index (χ0) is 30.0. The SMILES string of the molecule is Cc1ccc2c(c1)Nc1ncc(C#N)c(n1)Nc1cccc(c1)CN(CCN1CCN(C)CC1)CCC(=O)NCCCO2. The molecule has 3 N–H and O–H groups in total. The van der Waals surface area contributed by atoms with Gasteiger partial charge in [-0.15, -0.1) is 0 Å². The second kappa shape index (κ2) is 14.8. The Hall–Kier alpha value is -4.24. The van der Waals surface area contributed by atoms with Gasteiger partial charge in [-0.1, -0.05) is 18.2 Å². The highest BCUT2D eigenvalue weighted by Gasteiger charge is 2.17. The fourth-order valence-corrected chi connectivity index (χ4v) is 5.20. The van der Waals surface area contributed by atoms with Crippen LogP contribution in [0.5, 0.6) is 5.75 Å². The Morgan fingerprint density at radius 1 is 1.02 bits per heavy atom. The van der Waals surface area contributed by atoms with Gasteiger partial charge in [-0.2, -0.15) is 10.2 Å². The average molecular weight is 584 g/mol. The third-order valence-electron chi connectivity index (χ3n) is 7.77. The zero-order valence-electron chi connectivity index (χ0n) is 25.1. The Bertz CT molecular complexity index is 1430. The van der Waals surface area contributed by atoms with E-state index in [1.165, 1.54) is 6.20 Å². The normalized spacial score (nSPS) is 17.7. The molecule has 0 spiro atoms. The van der Waals surface area contributed by atoms with Gasteiger partial charge in [-0.3, -0.25) is 14.6 Å². The van der Waals surface area contributed by atoms with Crippen LogP contribution in [0.15, 0.2) is 48.7 Å². The van der Waals surface area contributed by atoms with Crippen LogP contribution in [0.1, 0.15) is 29.5 Å². The van der Waals surface area contributed by atoms with Crippen molar-refractivity contribution in [2.24, 2.45) is 0 Å². The Balaban J connectivity index is 1.38. The van der Waals surface area contributed by atoms with Crippen molar-refractivity contribution in [3.05, 3.63) is 65.4 Å². The van der Waals surface area contributed by atoms with E-state index in [1.807, 2.05) is 37.3 Å². The van der Waals surface area contributed by atoms with Crippen molar-refractivity contribution in [1.82, 2.24) is 30.0 Å². The number of aromatic nitrogens is 2. The van der Waals surface area contributed by atoms with Crippen LogP contribution in [0.2, 0.25) is 0 Å². The van der Waals surface area contributed by atoms with Crippen LogP contribution >= 0.6 is 0 Å². The first kappa shape index (κ1) is 30.2. The smallest absolute Gasteiger partial charge is 0.229 e. The first-order valence-electron chi connectivity index (χ1n) is 15.0. The van der Waals surface area contributed by atoms with Gasteiger partial charge in [-0.25, -0.2) is 4.98 Å². The fourth-order valence-electron chi connectivity index (χ4n) is 5.20. The number of anilines is 4. The van der Waals surface area contributed by atoms with Crippen LogP contribution in [0.25, 0.3) is 0 Å². The molecule has 2 aliphatic heterocycles. The molecule has 0 atom stereocenters. The van der Waals surface area contributed by atoms with Gasteiger partial charge >= 0.3 is 0 Å². The second-order valence-electron chi connectivity index (χ2n) is 11.2. The molecular weight excluding hydrogens is 542 g/mol. The Morgan fingerprint density at radius 3 is 2.70 bits per heavy atom. The highest BCUT2D eigenvalue weighted by molar-refractivity contribution is 5.76. The van der Waals surface area contributed by atoms with Crippen LogP contribution in [0.4, 0.5) is 23.1 Å². The molecule has 2 aliphatic rings. The number of rotatable bonds is 3. The summed E-state index contributed by atoms with van der Waals surface area (Å²) in [5, 5.41) is 19.4. The number of ether oxygens (including phenoxy) is 1. The van der Waals surface area contributed by atoms with Crippen molar-refractivity contribution in [2.75, 3.05) is 76.6 Å². The van der Waals surface area contributed by atoms with E-state index in [4.69, 9.17) is 4.74 Å². The van der Waals surface area contributed by atoms with Crippen molar-refractivity contribution < 1.29 is 9.53 Å². The first-order valence-corrected chi connectivity index (χ1v) is 15.0. The van der Waals surface area contributed by atoms with Gasteiger partial charge in [0.25, 0.3) is 0 Å². The number of nitriles is 1. The van der Waals surface area contributed by atoms with Crippen molar-refractivity contribution in [3.8, 4) is 11.8 Å². The molecule has 1 amide bonds. The summed E-state index contributed by atoms with van der Waals surface area (Å²) < 4.78 is 6.07. The summed E-state index contributed by atoms with van der Waals surface area (Å²) >= 11 is 0. The first-order chi connectivity index (χ1) is 20.9. The Morgan fingerprint density at radius 2 is 1.86 bits per heavy atom. The van der Waals surface area contributed by atoms with Crippen molar-refractivity contribution in [3.63, 3.8) is 0 Å². The molecule has 3 heterocycles. The predicted octanol–water partition coefficient (Wildman–Crippen LogP) is 3.48. The average Bonchev–Trinajstić information content (AvgIpc) is 3.00. The number of likely N-dealkylation sites (N-methyl/N-ethyl adjacent to an activating group) is 1. The van der Waals surface area contributed by atoms with Crippen LogP contribution in [-0.2, 0) is 11.3 Å². The van der Waals surface area contributed by atoms with E-state index in [9.17, 15) is 10.1 Å². The minimum atomic E-state index is 0.0479. The molecule has 0 radical (unpaired) electrons. The molecule has 0 saturated carbocycles. The highest BCUT2D eigenvalue weighted by Crippen LogP contribution is 2.29. The zero-order valence-corrected chi connectivity index (χ0v) is 25.1. The quantitative estimate of drug-likeness (QED) is 0.423. The largest absolute Gasteiger partial charge is 0.491 e. The molecule has 11 nitrogen and oxygen atoms in total. The summed E-state index contributed by atoms with van der Waals surface area (Å²) in [6.45, 7) is 10.5. The number of piperazine rings is 1. The molecule has 226 valence electrons. The summed E-state index contributed by atoms with van der Waals surface area (Å²) in [7, 11) is 2.17. The standard InChI is InChI=1S/C32H41N9O2/c1-24-7-8-29-28(19-24)37-32-35-22-26(21-33)31(38-32)36-27-6-3-5-25(20-27)23-41(11-9-30(42)34-10-4-18-43-29)17-16-40-14-12-39(2)13-15-40/h3,5-8,19-20,22H,4,9-18,23H2,1-2H3,(H,34,42)(H2,35,36,37,38). The van der Waals surface area contributed by atoms with Crippen LogP contribution in [0.3, 0.4) is 0 Å². The lowest BCUT2D eigenvalue weighted by Gasteiger charge is -2.34. The van der Waals surface area contributed by atoms with Crippen molar-refractivity contribution in [2.45, 2.75) is 26.3 Å². The number of carbonyl (C=O) groups is 1. The van der Waals surface area contributed by atoms with E-state index in [-0.39, 0.29) is 5.91 Å². The van der Waals surface area contributed by atoms with E-state index in [1.54, 1.807) is 0 Å². The fraction of sp³-hybridized carbons (Fsp3) is 0.438. The minimum absolute atomic E-state index is 0.0479. The molecule has 11 heteroatoms. The van der Waals surface area contributed by atoms with Gasteiger partial charge in [0.15, 0.2) is 5.82 Å². The molecule has 3 aromatic rings. The van der Waals surface area contributed by atoms with Crippen molar-refractivity contribution >= 4 is 29.0 Å². The van der Waals surface area contributed by atoms with Gasteiger partial charge in [0.2, 0.25) is 11.9 Å². The molecular formula is C32H41N9O2. The molecule has 5 rings (SSSR count). The number of aryl methyl sites for hydroxylation is 1. The van der Waals surface area contributed by atoms with Crippen LogP contribution in [0, 0.1) is 18.3 Å². The van der Waals surface area contributed by atoms with Gasteiger partial charge in [0.1, 0.15) is 17.4 Å². The summed E-state index contributed by atoms with van der Waals surface area (Å²) in [5.41, 5.74) is 4.07. The third kappa shape index (κ3) is 8.88. The molecule has 43 heavy (non-hydrogen) atoms. The number of hydrogen-bond donors (Lipinski definition) is 3. The molecule has 4 bridgehead atoms. The molecule has 1 aromatic heterocycles. The summed E-state index contributed by atoms with van der Waals surface area (Å²) in [6, 6.07) is 16.2. The number of hydrogen-bond acceptors (Lipinski definition) is 10. The number of carbonyl (C=O) groups excluding carboxylic acids is 1. The maximum atomic E-state index is 12.8. The highest BCUT2D eigenvalue weighted by atomic mass is 16.5. The minimum Gasteiger partial charge on any atom is -0.491 e. The van der Waals surface area contributed by atoms with E-state index in [0.29, 0.717) is 62.2 Å². The van der Waals surface area contributed by atoms with Gasteiger partial charge < -0.3 is 25.6 Å². The lowest BCUT2D eigenvalue weighted by atomic mass is 10.1. The molecule has 0 aliphatic carbocycles. The number of fused-ring (bicyclic) bond motifs is 5. The number of benzene rings is 2. The lowest BCUT2D eigenvalue weighted by molar-refractivity contribution is -0.121. The summed E-state index contributed by atoms with van der Waals surface area (Å²) in [5.74, 6) is 1.49. The van der Waals surface area contributed by atoms with Crippen LogP contribution in [-0.4, -0.2) is 96.6 Å². The number of nitrogens with zero attached hydrogens (tertiary/aromatic N) is 6. The van der Waals surface area contributed by atoms with Gasteiger partial charge in [0.05, 0.1) is 18.5 Å². The van der Waals surface area contributed by atoms with Crippen LogP contribution < -0.4 is 20.7 Å². The molecule has 1 saturated heterocycles. The molecule has 1 fully saturated rings. The number of nitrogens with one attached hydrogen (secondary N) is 3. The monoisotopic (exact) mass is 583 g/mol. The maximum Gasteiger partial charge on any atom is 0.229 e. The topological polar surface area (TPSA) is 122 Å². The van der Waals surface area contributed by atoms with E-state index in [0.717, 1.165) is 61.8 Å². The predicted molar refractivity (Wildman–Crippen MR) is 168 cm³/mol. The summed E-state index contributed by atoms with van der Waals surface area (Å²) in [4.78, 5) is 29.0. The summed E-state index contributed by atoms with van der Waals surface area (Å²) in [6.07, 6.45) is 2.63. The number of amides is 1.